The summed E-state index contributed by atoms with van der Waals surface area (Å²) < 4.78 is 4.68. The number of esters is 1. The van der Waals surface area contributed by atoms with Crippen molar-refractivity contribution in [1.29, 1.82) is 0 Å². The number of alkyl halides is 1. The van der Waals surface area contributed by atoms with Crippen LogP contribution in [0.4, 0.5) is 0 Å². The van der Waals surface area contributed by atoms with Crippen LogP contribution in [0.1, 0.15) is 19.3 Å². The lowest BCUT2D eigenvalue weighted by molar-refractivity contribution is -0.147. The highest BCUT2D eigenvalue weighted by Gasteiger charge is 2.06. The van der Waals surface area contributed by atoms with Crippen LogP contribution in [-0.2, 0) is 9.53 Å². The molecule has 0 spiro atoms. The van der Waals surface area contributed by atoms with E-state index in [1.807, 2.05) is 0 Å². The normalized spacial score (nSPS) is 12.5. The zero-order valence-corrected chi connectivity index (χ0v) is 8.99. The fourth-order valence-corrected chi connectivity index (χ4v) is 1.07. The Hall–Kier alpha value is -0.130. The Labute approximate surface area is 86.0 Å². The van der Waals surface area contributed by atoms with E-state index in [1.165, 1.54) is 0 Å². The Bertz CT molecular complexity index is 140. The summed E-state index contributed by atoms with van der Waals surface area (Å²) in [5, 5.41) is 18.1. The van der Waals surface area contributed by atoms with Crippen LogP contribution in [0.2, 0.25) is 0 Å². The van der Waals surface area contributed by atoms with Gasteiger partial charge in [-0.2, -0.15) is 0 Å². The third-order valence-corrected chi connectivity index (χ3v) is 1.97. The molecule has 0 amide bonds. The maximum Gasteiger partial charge on any atom is 0.305 e. The Morgan fingerprint density at radius 2 is 2.15 bits per heavy atom. The van der Waals surface area contributed by atoms with E-state index < -0.39 is 6.10 Å². The van der Waals surface area contributed by atoms with E-state index in [4.69, 9.17) is 10.2 Å². The molecule has 13 heavy (non-hydrogen) atoms. The minimum atomic E-state index is -0.958. The Morgan fingerprint density at radius 3 is 2.69 bits per heavy atom. The van der Waals surface area contributed by atoms with Crippen molar-refractivity contribution in [2.45, 2.75) is 25.4 Å². The molecule has 2 N–H and O–H groups in total. The van der Waals surface area contributed by atoms with Crippen molar-refractivity contribution in [2.75, 3.05) is 18.5 Å². The summed E-state index contributed by atoms with van der Waals surface area (Å²) in [5.41, 5.74) is 0. The Morgan fingerprint density at radius 1 is 1.46 bits per heavy atom. The first-order valence-corrected chi connectivity index (χ1v) is 5.33. The standard InChI is InChI=1S/C8H15BrO4/c9-4-2-1-3-8(12)13-6-7(11)5-10/h7,10-11H,1-6H2. The van der Waals surface area contributed by atoms with Crippen LogP contribution in [0.5, 0.6) is 0 Å². The molecule has 5 heteroatoms. The molecule has 0 radical (unpaired) electrons. The molecule has 0 aromatic carbocycles. The molecule has 0 aliphatic heterocycles. The fraction of sp³-hybridized carbons (Fsp3) is 0.875. The third-order valence-electron chi connectivity index (χ3n) is 1.41. The summed E-state index contributed by atoms with van der Waals surface area (Å²) in [5.74, 6) is -0.326. The number of rotatable bonds is 7. The zero-order chi connectivity index (χ0) is 10.1. The molecule has 0 rings (SSSR count). The quantitative estimate of drug-likeness (QED) is 0.393. The maximum atomic E-state index is 10.9. The number of aliphatic hydroxyl groups excluding tert-OH is 2. The molecule has 0 saturated heterocycles. The van der Waals surface area contributed by atoms with Gasteiger partial charge in [0.05, 0.1) is 6.61 Å². The first-order valence-electron chi connectivity index (χ1n) is 4.21. The van der Waals surface area contributed by atoms with Crippen LogP contribution in [0.15, 0.2) is 0 Å². The van der Waals surface area contributed by atoms with Crippen LogP contribution in [-0.4, -0.2) is 40.8 Å². The summed E-state index contributed by atoms with van der Waals surface area (Å²) in [6, 6.07) is 0. The van der Waals surface area contributed by atoms with E-state index >= 15 is 0 Å². The molecule has 78 valence electrons. The van der Waals surface area contributed by atoms with E-state index in [9.17, 15) is 4.79 Å². The van der Waals surface area contributed by atoms with Crippen LogP contribution in [0.3, 0.4) is 0 Å². The monoisotopic (exact) mass is 254 g/mol. The van der Waals surface area contributed by atoms with Crippen molar-refractivity contribution in [2.24, 2.45) is 0 Å². The van der Waals surface area contributed by atoms with Crippen molar-refractivity contribution in [1.82, 2.24) is 0 Å². The van der Waals surface area contributed by atoms with E-state index in [2.05, 4.69) is 20.7 Å². The number of hydrogen-bond donors (Lipinski definition) is 2. The second-order valence-corrected chi connectivity index (χ2v) is 3.46. The van der Waals surface area contributed by atoms with Crippen LogP contribution in [0, 0.1) is 0 Å². The summed E-state index contributed by atoms with van der Waals surface area (Å²) in [4.78, 5) is 10.9. The van der Waals surface area contributed by atoms with Gasteiger partial charge in [-0.25, -0.2) is 0 Å². The van der Waals surface area contributed by atoms with Gasteiger partial charge in [-0.05, 0) is 12.8 Å². The Balaban J connectivity index is 3.30. The third kappa shape index (κ3) is 8.21. The second kappa shape index (κ2) is 8.47. The van der Waals surface area contributed by atoms with Crippen molar-refractivity contribution >= 4 is 21.9 Å². The van der Waals surface area contributed by atoms with Gasteiger partial charge < -0.3 is 14.9 Å². The molecule has 0 aliphatic carbocycles. The minimum Gasteiger partial charge on any atom is -0.463 e. The SMILES string of the molecule is O=C(CCCCBr)OCC(O)CO. The number of carbonyl (C=O) groups excluding carboxylic acids is 1. The van der Waals surface area contributed by atoms with E-state index in [0.29, 0.717) is 6.42 Å². The summed E-state index contributed by atoms with van der Waals surface area (Å²) >= 11 is 3.25. The molecule has 0 saturated carbocycles. The number of carbonyl (C=O) groups is 1. The molecule has 0 aliphatic rings. The minimum absolute atomic E-state index is 0.121. The highest BCUT2D eigenvalue weighted by Crippen LogP contribution is 2.00. The lowest BCUT2D eigenvalue weighted by Crippen LogP contribution is -2.21. The van der Waals surface area contributed by atoms with Crippen molar-refractivity contribution in [3.05, 3.63) is 0 Å². The summed E-state index contributed by atoms with van der Waals surface area (Å²) in [6.07, 6.45) is 1.11. The number of unbranched alkanes of at least 4 members (excludes halogenated alkanes) is 1. The fourth-order valence-electron chi connectivity index (χ4n) is 0.678. The first-order chi connectivity index (χ1) is 6.20. The molecule has 1 atom stereocenters. The van der Waals surface area contributed by atoms with Crippen LogP contribution < -0.4 is 0 Å². The molecule has 0 heterocycles. The lowest BCUT2D eigenvalue weighted by Gasteiger charge is -2.07. The number of aliphatic hydroxyl groups is 2. The van der Waals surface area contributed by atoms with Gasteiger partial charge in [0.2, 0.25) is 0 Å². The number of hydrogen-bond acceptors (Lipinski definition) is 4. The molecule has 1 unspecified atom stereocenters. The lowest BCUT2D eigenvalue weighted by atomic mass is 10.2. The van der Waals surface area contributed by atoms with Gasteiger partial charge in [0.1, 0.15) is 12.7 Å². The second-order valence-electron chi connectivity index (χ2n) is 2.67. The highest BCUT2D eigenvalue weighted by molar-refractivity contribution is 9.09. The summed E-state index contributed by atoms with van der Waals surface area (Å²) in [7, 11) is 0. The summed E-state index contributed by atoms with van der Waals surface area (Å²) in [6.45, 7) is -0.502. The van der Waals surface area contributed by atoms with E-state index in [0.717, 1.165) is 18.2 Å². The predicted molar refractivity (Wildman–Crippen MR) is 51.7 cm³/mol. The average Bonchev–Trinajstić information content (AvgIpc) is 2.14. The van der Waals surface area contributed by atoms with Crippen molar-refractivity contribution in [3.8, 4) is 0 Å². The van der Waals surface area contributed by atoms with Crippen LogP contribution in [0.25, 0.3) is 0 Å². The maximum absolute atomic E-state index is 10.9. The zero-order valence-electron chi connectivity index (χ0n) is 7.41. The van der Waals surface area contributed by atoms with Crippen molar-refractivity contribution < 1.29 is 19.7 Å². The van der Waals surface area contributed by atoms with Crippen molar-refractivity contribution in [3.63, 3.8) is 0 Å². The van der Waals surface area contributed by atoms with Gasteiger partial charge in [0, 0.05) is 11.8 Å². The first kappa shape index (κ1) is 12.9. The van der Waals surface area contributed by atoms with Gasteiger partial charge in [-0.3, -0.25) is 4.79 Å². The molecular formula is C8H15BrO4. The van der Waals surface area contributed by atoms with E-state index in [-0.39, 0.29) is 19.2 Å². The van der Waals surface area contributed by atoms with Gasteiger partial charge in [0.25, 0.3) is 0 Å². The Kier molecular flexibility index (Phi) is 8.38. The number of halogens is 1. The average molecular weight is 255 g/mol. The van der Waals surface area contributed by atoms with Gasteiger partial charge in [0.15, 0.2) is 0 Å². The largest absolute Gasteiger partial charge is 0.463 e. The van der Waals surface area contributed by atoms with Gasteiger partial charge in [-0.15, -0.1) is 0 Å². The molecule has 4 nitrogen and oxygen atoms in total. The molecular weight excluding hydrogens is 240 g/mol. The topological polar surface area (TPSA) is 66.8 Å². The highest BCUT2D eigenvalue weighted by atomic mass is 79.9. The predicted octanol–water partition coefficient (Wildman–Crippen LogP) is 0.448. The van der Waals surface area contributed by atoms with E-state index in [1.54, 1.807) is 0 Å². The molecule has 0 bridgehead atoms. The van der Waals surface area contributed by atoms with Gasteiger partial charge >= 0.3 is 5.97 Å². The number of ether oxygens (including phenoxy) is 1. The molecule has 0 aromatic heterocycles. The molecule has 0 fully saturated rings. The smallest absolute Gasteiger partial charge is 0.305 e. The van der Waals surface area contributed by atoms with Gasteiger partial charge in [-0.1, -0.05) is 15.9 Å². The molecule has 0 aromatic rings. The van der Waals surface area contributed by atoms with Crippen LogP contribution >= 0.6 is 15.9 Å².